The first kappa shape index (κ1) is 12.0. The molecule has 1 aromatic rings. The summed E-state index contributed by atoms with van der Waals surface area (Å²) >= 11 is 1.88. The van der Waals surface area contributed by atoms with E-state index in [-0.39, 0.29) is 0 Å². The van der Waals surface area contributed by atoms with Crippen LogP contribution in [-0.2, 0) is 6.42 Å². The molecule has 98 valence electrons. The van der Waals surface area contributed by atoms with Gasteiger partial charge in [-0.25, -0.2) is 4.98 Å². The molecular formula is C12H19N5S. The molecule has 0 saturated carbocycles. The van der Waals surface area contributed by atoms with Crippen LogP contribution in [0.5, 0.6) is 0 Å². The molecule has 5 nitrogen and oxygen atoms in total. The van der Waals surface area contributed by atoms with Crippen LogP contribution in [0.4, 0.5) is 11.8 Å². The highest BCUT2D eigenvalue weighted by Gasteiger charge is 2.21. The van der Waals surface area contributed by atoms with Crippen molar-refractivity contribution in [3.63, 3.8) is 0 Å². The molecule has 0 bridgehead atoms. The molecule has 2 N–H and O–H groups in total. The molecule has 0 aromatic carbocycles. The van der Waals surface area contributed by atoms with Crippen LogP contribution in [0.1, 0.15) is 12.1 Å². The topological polar surface area (TPSA) is 53.1 Å². The zero-order chi connectivity index (χ0) is 12.4. The molecule has 0 radical (unpaired) electrons. The first-order valence-corrected chi connectivity index (χ1v) is 7.54. The zero-order valence-corrected chi connectivity index (χ0v) is 11.5. The molecular weight excluding hydrogens is 246 g/mol. The Hall–Kier alpha value is -1.01. The molecule has 1 fully saturated rings. The normalized spacial score (nSPS) is 19.5. The highest BCUT2D eigenvalue weighted by molar-refractivity contribution is 7.99. The minimum atomic E-state index is 0.891. The van der Waals surface area contributed by atoms with Crippen LogP contribution < -0.4 is 15.5 Å². The number of piperazine rings is 1. The number of rotatable bonds is 2. The van der Waals surface area contributed by atoms with E-state index in [1.165, 1.54) is 22.8 Å². The van der Waals surface area contributed by atoms with Gasteiger partial charge in [0.1, 0.15) is 5.82 Å². The molecule has 0 spiro atoms. The largest absolute Gasteiger partial charge is 0.372 e. The number of thioether (sulfide) groups is 1. The Morgan fingerprint density at radius 2 is 2.11 bits per heavy atom. The summed E-state index contributed by atoms with van der Waals surface area (Å²) in [6.07, 6.45) is 2.30. The van der Waals surface area contributed by atoms with Crippen LogP contribution in [0.25, 0.3) is 0 Å². The fourth-order valence-electron chi connectivity index (χ4n) is 2.39. The van der Waals surface area contributed by atoms with E-state index < -0.39 is 0 Å². The summed E-state index contributed by atoms with van der Waals surface area (Å²) in [4.78, 5) is 13.0. The third-order valence-corrected chi connectivity index (χ3v) is 4.58. The molecule has 3 rings (SSSR count). The second-order valence-corrected chi connectivity index (χ2v) is 5.69. The molecule has 0 aliphatic carbocycles. The average Bonchev–Trinajstić information content (AvgIpc) is 2.47. The quantitative estimate of drug-likeness (QED) is 0.831. The second-order valence-electron chi connectivity index (χ2n) is 4.59. The summed E-state index contributed by atoms with van der Waals surface area (Å²) in [5.74, 6) is 3.07. The van der Waals surface area contributed by atoms with Crippen LogP contribution in [-0.4, -0.2) is 48.9 Å². The van der Waals surface area contributed by atoms with E-state index in [4.69, 9.17) is 4.98 Å². The summed E-state index contributed by atoms with van der Waals surface area (Å²) in [6, 6.07) is 0. The van der Waals surface area contributed by atoms with E-state index in [9.17, 15) is 0 Å². The summed E-state index contributed by atoms with van der Waals surface area (Å²) in [7, 11) is 1.94. The lowest BCUT2D eigenvalue weighted by atomic mass is 10.2. The fraction of sp³-hybridized carbons (Fsp3) is 0.667. The van der Waals surface area contributed by atoms with E-state index in [0.29, 0.717) is 0 Å². The van der Waals surface area contributed by atoms with Crippen LogP contribution in [0.15, 0.2) is 4.90 Å². The van der Waals surface area contributed by atoms with Crippen LogP contribution in [0.2, 0.25) is 0 Å². The third-order valence-electron chi connectivity index (χ3n) is 3.36. The first-order valence-electron chi connectivity index (χ1n) is 6.55. The lowest BCUT2D eigenvalue weighted by molar-refractivity contribution is 0.578. The molecule has 0 amide bonds. The summed E-state index contributed by atoms with van der Waals surface area (Å²) in [5, 5.41) is 6.58. The highest BCUT2D eigenvalue weighted by Crippen LogP contribution is 2.35. The molecule has 1 aromatic heterocycles. The summed E-state index contributed by atoms with van der Waals surface area (Å²) < 4.78 is 0. The number of nitrogens with one attached hydrogen (secondary N) is 2. The van der Waals surface area contributed by atoms with Crippen molar-refractivity contribution in [3.05, 3.63) is 5.69 Å². The second kappa shape index (κ2) is 5.32. The van der Waals surface area contributed by atoms with Crippen molar-refractivity contribution >= 4 is 23.5 Å². The van der Waals surface area contributed by atoms with Crippen LogP contribution in [0.3, 0.4) is 0 Å². The lowest BCUT2D eigenvalue weighted by Gasteiger charge is -2.29. The molecule has 18 heavy (non-hydrogen) atoms. The van der Waals surface area contributed by atoms with Gasteiger partial charge in [-0.3, -0.25) is 0 Å². The van der Waals surface area contributed by atoms with Crippen molar-refractivity contribution in [1.82, 2.24) is 15.3 Å². The SMILES string of the molecule is CNc1nc(N2CCNCC2)nc2c1SCCC2. The number of aromatic nitrogens is 2. The standard InChI is InChI=1S/C12H19N5S/c1-13-11-10-9(3-2-8-18-10)15-12(16-11)17-6-4-14-5-7-17/h14H,2-8H2,1H3,(H,13,15,16). The minimum Gasteiger partial charge on any atom is -0.372 e. The van der Waals surface area contributed by atoms with Gasteiger partial charge in [-0.2, -0.15) is 4.98 Å². The first-order chi connectivity index (χ1) is 8.88. The van der Waals surface area contributed by atoms with Gasteiger partial charge in [-0.15, -0.1) is 11.8 Å². The molecule has 6 heteroatoms. The Bertz CT molecular complexity index is 413. The maximum atomic E-state index is 4.77. The van der Waals surface area contributed by atoms with Crippen molar-refractivity contribution < 1.29 is 0 Å². The van der Waals surface area contributed by atoms with Gasteiger partial charge >= 0.3 is 0 Å². The van der Waals surface area contributed by atoms with Crippen molar-refractivity contribution in [2.24, 2.45) is 0 Å². The van der Waals surface area contributed by atoms with Gasteiger partial charge in [-0.05, 0) is 18.6 Å². The van der Waals surface area contributed by atoms with Crippen LogP contribution in [0, 0.1) is 0 Å². The van der Waals surface area contributed by atoms with Crippen molar-refractivity contribution in [2.45, 2.75) is 17.7 Å². The van der Waals surface area contributed by atoms with Gasteiger partial charge in [0.25, 0.3) is 0 Å². The molecule has 0 atom stereocenters. The maximum absolute atomic E-state index is 4.77. The number of fused-ring (bicyclic) bond motifs is 1. The molecule has 1 saturated heterocycles. The number of nitrogens with zero attached hydrogens (tertiary/aromatic N) is 3. The zero-order valence-electron chi connectivity index (χ0n) is 10.7. The highest BCUT2D eigenvalue weighted by atomic mass is 32.2. The van der Waals surface area contributed by atoms with Gasteiger partial charge in [0, 0.05) is 33.2 Å². The van der Waals surface area contributed by atoms with Gasteiger partial charge in [-0.1, -0.05) is 0 Å². The summed E-state index contributed by atoms with van der Waals surface area (Å²) in [6.45, 7) is 4.03. The van der Waals surface area contributed by atoms with Crippen molar-refractivity contribution in [2.75, 3.05) is 49.2 Å². The number of aryl methyl sites for hydroxylation is 1. The predicted octanol–water partition coefficient (Wildman–Crippen LogP) is 0.966. The monoisotopic (exact) mass is 265 g/mol. The molecule has 0 unspecified atom stereocenters. The van der Waals surface area contributed by atoms with Gasteiger partial charge < -0.3 is 15.5 Å². The molecule has 2 aliphatic rings. The number of hydrogen-bond donors (Lipinski definition) is 2. The Balaban J connectivity index is 1.94. The maximum Gasteiger partial charge on any atom is 0.227 e. The van der Waals surface area contributed by atoms with E-state index >= 15 is 0 Å². The van der Waals surface area contributed by atoms with Gasteiger partial charge in [0.05, 0.1) is 10.6 Å². The van der Waals surface area contributed by atoms with Crippen molar-refractivity contribution in [3.8, 4) is 0 Å². The fourth-order valence-corrected chi connectivity index (χ4v) is 3.49. The third kappa shape index (κ3) is 2.27. The van der Waals surface area contributed by atoms with E-state index in [2.05, 4.69) is 20.5 Å². The van der Waals surface area contributed by atoms with E-state index in [0.717, 1.165) is 44.4 Å². The van der Waals surface area contributed by atoms with E-state index in [1.54, 1.807) is 0 Å². The Kier molecular flexibility index (Phi) is 3.56. The van der Waals surface area contributed by atoms with Crippen LogP contribution >= 0.6 is 11.8 Å². The van der Waals surface area contributed by atoms with Crippen molar-refractivity contribution in [1.29, 1.82) is 0 Å². The summed E-state index contributed by atoms with van der Waals surface area (Å²) in [5.41, 5.74) is 1.22. The lowest BCUT2D eigenvalue weighted by Crippen LogP contribution is -2.44. The Morgan fingerprint density at radius 3 is 2.89 bits per heavy atom. The number of hydrogen-bond acceptors (Lipinski definition) is 6. The van der Waals surface area contributed by atoms with E-state index in [1.807, 2.05) is 18.8 Å². The molecule has 2 aliphatic heterocycles. The average molecular weight is 265 g/mol. The number of anilines is 2. The Morgan fingerprint density at radius 1 is 1.28 bits per heavy atom. The smallest absolute Gasteiger partial charge is 0.227 e. The predicted molar refractivity (Wildman–Crippen MR) is 75.7 cm³/mol. The Labute approximate surface area is 112 Å². The van der Waals surface area contributed by atoms with Gasteiger partial charge in [0.2, 0.25) is 5.95 Å². The minimum absolute atomic E-state index is 0.891. The van der Waals surface area contributed by atoms with Gasteiger partial charge in [0.15, 0.2) is 0 Å². The molecule has 3 heterocycles.